The molecule has 1 aromatic carbocycles. The Morgan fingerprint density at radius 2 is 1.77 bits per heavy atom. The van der Waals surface area contributed by atoms with Crippen molar-refractivity contribution in [3.63, 3.8) is 0 Å². The van der Waals surface area contributed by atoms with Crippen molar-refractivity contribution >= 4 is 34.2 Å². The van der Waals surface area contributed by atoms with Crippen LogP contribution in [0.1, 0.15) is 40.6 Å². The number of thiophene rings is 1. The Labute approximate surface area is 184 Å². The first-order valence-corrected chi connectivity index (χ1v) is 11.2. The Kier molecular flexibility index (Phi) is 5.85. The first-order chi connectivity index (χ1) is 14.8. The van der Waals surface area contributed by atoms with Gasteiger partial charge in [0.1, 0.15) is 10.6 Å². The van der Waals surface area contributed by atoms with Gasteiger partial charge in [0.05, 0.1) is 30.7 Å². The van der Waals surface area contributed by atoms with E-state index in [1.54, 1.807) is 6.92 Å². The van der Waals surface area contributed by atoms with E-state index in [9.17, 15) is 19.5 Å². The molecular formula is C23H25NO6S. The van der Waals surface area contributed by atoms with Crippen LogP contribution < -0.4 is 5.32 Å². The number of carbonyl (C=O) groups excluding carboxylic acids is 2. The summed E-state index contributed by atoms with van der Waals surface area (Å²) in [7, 11) is 0. The number of benzene rings is 1. The molecule has 2 fully saturated rings. The summed E-state index contributed by atoms with van der Waals surface area (Å²) in [6.45, 7) is 5.80. The molecule has 0 radical (unpaired) electrons. The van der Waals surface area contributed by atoms with Crippen molar-refractivity contribution in [1.29, 1.82) is 0 Å². The van der Waals surface area contributed by atoms with Gasteiger partial charge in [-0.1, -0.05) is 29.8 Å². The zero-order valence-corrected chi connectivity index (χ0v) is 18.5. The van der Waals surface area contributed by atoms with Crippen LogP contribution in [0.4, 0.5) is 5.00 Å². The largest absolute Gasteiger partial charge is 0.481 e. The molecule has 0 spiro atoms. The molecule has 31 heavy (non-hydrogen) atoms. The molecule has 2 bridgehead atoms. The van der Waals surface area contributed by atoms with Crippen molar-refractivity contribution in [2.75, 3.05) is 11.9 Å². The maximum absolute atomic E-state index is 13.2. The number of aryl methyl sites for hydroxylation is 2. The molecule has 3 heterocycles. The van der Waals surface area contributed by atoms with Crippen LogP contribution in [0.3, 0.4) is 0 Å². The van der Waals surface area contributed by atoms with Crippen LogP contribution in [0.15, 0.2) is 24.3 Å². The van der Waals surface area contributed by atoms with Gasteiger partial charge in [0.2, 0.25) is 5.91 Å². The number of hydrogen-bond donors (Lipinski definition) is 2. The van der Waals surface area contributed by atoms with E-state index in [0.29, 0.717) is 23.4 Å². The molecule has 0 unspecified atom stereocenters. The van der Waals surface area contributed by atoms with Gasteiger partial charge in [-0.15, -0.1) is 11.3 Å². The summed E-state index contributed by atoms with van der Waals surface area (Å²) >= 11 is 1.29. The summed E-state index contributed by atoms with van der Waals surface area (Å²) < 4.78 is 11.0. The second-order valence-electron chi connectivity index (χ2n) is 7.99. The van der Waals surface area contributed by atoms with Crippen molar-refractivity contribution in [2.24, 2.45) is 11.8 Å². The summed E-state index contributed by atoms with van der Waals surface area (Å²) in [6, 6.07) is 7.79. The lowest BCUT2D eigenvalue weighted by atomic mass is 9.78. The normalized spacial score (nSPS) is 24.2. The number of nitrogens with one attached hydrogen (secondary N) is 1. The second kappa shape index (κ2) is 8.43. The molecule has 0 aliphatic carbocycles. The molecule has 0 saturated carbocycles. The monoisotopic (exact) mass is 443 g/mol. The molecule has 2 saturated heterocycles. The zero-order valence-electron chi connectivity index (χ0n) is 17.6. The minimum Gasteiger partial charge on any atom is -0.481 e. The van der Waals surface area contributed by atoms with Gasteiger partial charge in [0, 0.05) is 10.4 Å². The first kappa shape index (κ1) is 21.5. The third-order valence-corrected chi connectivity index (χ3v) is 7.02. The minimum absolute atomic E-state index is 0.204. The van der Waals surface area contributed by atoms with Crippen LogP contribution >= 0.6 is 11.3 Å². The van der Waals surface area contributed by atoms with E-state index in [1.165, 1.54) is 11.3 Å². The van der Waals surface area contributed by atoms with E-state index in [2.05, 4.69) is 5.32 Å². The molecule has 1 aromatic heterocycles. The zero-order chi connectivity index (χ0) is 22.3. The number of carbonyl (C=O) groups is 3. The van der Waals surface area contributed by atoms with E-state index in [0.717, 1.165) is 21.6 Å². The van der Waals surface area contributed by atoms with Gasteiger partial charge in [0.15, 0.2) is 0 Å². The topological polar surface area (TPSA) is 102 Å². The van der Waals surface area contributed by atoms with Crippen molar-refractivity contribution < 1.29 is 29.0 Å². The highest BCUT2D eigenvalue weighted by Crippen LogP contribution is 2.45. The van der Waals surface area contributed by atoms with Crippen LogP contribution in [0.5, 0.6) is 0 Å². The highest BCUT2D eigenvalue weighted by atomic mass is 32.1. The highest BCUT2D eigenvalue weighted by Gasteiger charge is 2.55. The summed E-state index contributed by atoms with van der Waals surface area (Å²) in [5.41, 5.74) is 2.98. The Morgan fingerprint density at radius 3 is 2.39 bits per heavy atom. The van der Waals surface area contributed by atoms with E-state index >= 15 is 0 Å². The van der Waals surface area contributed by atoms with Crippen LogP contribution in [0.2, 0.25) is 0 Å². The minimum atomic E-state index is -1.03. The number of ether oxygens (including phenoxy) is 2. The maximum atomic E-state index is 13.2. The summed E-state index contributed by atoms with van der Waals surface area (Å²) in [4.78, 5) is 38.6. The van der Waals surface area contributed by atoms with Crippen LogP contribution in [0.25, 0.3) is 11.1 Å². The maximum Gasteiger partial charge on any atom is 0.341 e. The molecule has 1 amide bonds. The highest BCUT2D eigenvalue weighted by molar-refractivity contribution is 7.17. The molecule has 7 nitrogen and oxygen atoms in total. The van der Waals surface area contributed by atoms with Crippen molar-refractivity contribution in [3.05, 3.63) is 40.3 Å². The smallest absolute Gasteiger partial charge is 0.341 e. The predicted octanol–water partition coefficient (Wildman–Crippen LogP) is 4.03. The van der Waals surface area contributed by atoms with Gasteiger partial charge in [-0.05, 0) is 39.2 Å². The van der Waals surface area contributed by atoms with Gasteiger partial charge < -0.3 is 19.9 Å². The van der Waals surface area contributed by atoms with E-state index in [4.69, 9.17) is 9.47 Å². The number of carboxylic acids is 1. The third-order valence-electron chi connectivity index (χ3n) is 6.00. The average Bonchev–Trinajstić information content (AvgIpc) is 3.41. The lowest BCUT2D eigenvalue weighted by molar-refractivity contribution is -0.147. The Bertz CT molecular complexity index is 1030. The molecule has 2 aromatic rings. The average molecular weight is 444 g/mol. The number of anilines is 1. The number of fused-ring (bicyclic) bond motifs is 2. The number of aliphatic carboxylic acids is 1. The van der Waals surface area contributed by atoms with E-state index in [-0.39, 0.29) is 6.61 Å². The fraction of sp³-hybridized carbons (Fsp3) is 0.435. The summed E-state index contributed by atoms with van der Waals surface area (Å²) in [5.74, 6) is -3.63. The molecule has 4 rings (SSSR count). The molecule has 2 aliphatic rings. The number of amides is 1. The second-order valence-corrected chi connectivity index (χ2v) is 9.22. The Morgan fingerprint density at radius 1 is 1.13 bits per heavy atom. The standard InChI is InChI=1S/C23H25NO6S/c1-4-29-23(28)19-16(13-7-5-11(2)6-8-13)12(3)31-21(19)24-20(25)17-14-9-10-15(30-14)18(17)22(26)27/h5-8,14-15,17-18H,4,9-10H2,1-3H3,(H,24,25)(H,26,27)/t14-,15-,17-,18-/m0/s1. The summed E-state index contributed by atoms with van der Waals surface area (Å²) in [5, 5.41) is 12.8. The lowest BCUT2D eigenvalue weighted by Crippen LogP contribution is -2.41. The third kappa shape index (κ3) is 3.85. The number of carboxylic acid groups (broad SMARTS) is 1. The fourth-order valence-electron chi connectivity index (χ4n) is 4.62. The molecule has 2 N–H and O–H groups in total. The number of hydrogen-bond acceptors (Lipinski definition) is 6. The number of esters is 1. The van der Waals surface area contributed by atoms with Crippen molar-refractivity contribution in [3.8, 4) is 11.1 Å². The van der Waals surface area contributed by atoms with Gasteiger partial charge >= 0.3 is 11.9 Å². The Balaban J connectivity index is 1.70. The van der Waals surface area contributed by atoms with E-state index < -0.39 is 41.9 Å². The van der Waals surface area contributed by atoms with Crippen LogP contribution in [-0.2, 0) is 19.1 Å². The SMILES string of the molecule is CCOC(=O)c1c(NC(=O)[C@@H]2[C@@H](C(=O)O)[C@@H]3CC[C@@H]2O3)sc(C)c1-c1ccc(C)cc1. The number of rotatable bonds is 6. The molecule has 2 aliphatic heterocycles. The van der Waals surface area contributed by atoms with Gasteiger partial charge in [-0.3, -0.25) is 9.59 Å². The van der Waals surface area contributed by atoms with Gasteiger partial charge in [-0.2, -0.15) is 0 Å². The van der Waals surface area contributed by atoms with Crippen molar-refractivity contribution in [2.45, 2.75) is 45.8 Å². The van der Waals surface area contributed by atoms with Crippen LogP contribution in [0, 0.1) is 25.7 Å². The molecule has 8 heteroatoms. The van der Waals surface area contributed by atoms with Crippen molar-refractivity contribution in [1.82, 2.24) is 0 Å². The molecule has 164 valence electrons. The summed E-state index contributed by atoms with van der Waals surface area (Å²) in [6.07, 6.45) is 0.468. The fourth-order valence-corrected chi connectivity index (χ4v) is 5.69. The molecular weight excluding hydrogens is 418 g/mol. The van der Waals surface area contributed by atoms with E-state index in [1.807, 2.05) is 38.1 Å². The van der Waals surface area contributed by atoms with Gasteiger partial charge in [-0.25, -0.2) is 4.79 Å². The lowest BCUT2D eigenvalue weighted by Gasteiger charge is -2.23. The first-order valence-electron chi connectivity index (χ1n) is 10.4. The van der Waals surface area contributed by atoms with Gasteiger partial charge in [0.25, 0.3) is 0 Å². The molecule has 4 atom stereocenters. The quantitative estimate of drug-likeness (QED) is 0.654. The predicted molar refractivity (Wildman–Crippen MR) is 116 cm³/mol. The van der Waals surface area contributed by atoms with Crippen LogP contribution in [-0.4, -0.2) is 41.8 Å². The Hall–Kier alpha value is -2.71.